The van der Waals surface area contributed by atoms with Crippen molar-refractivity contribution in [2.75, 3.05) is 18.0 Å². The van der Waals surface area contributed by atoms with Crippen molar-refractivity contribution in [3.8, 4) is 0 Å². The number of nitrogens with one attached hydrogen (secondary N) is 1. The maximum Gasteiger partial charge on any atom is 0.185 e. The maximum absolute atomic E-state index is 4.85. The summed E-state index contributed by atoms with van der Waals surface area (Å²) in [7, 11) is 0. The van der Waals surface area contributed by atoms with Crippen molar-refractivity contribution >= 4 is 16.5 Å². The van der Waals surface area contributed by atoms with E-state index in [9.17, 15) is 0 Å². The van der Waals surface area contributed by atoms with E-state index in [1.54, 1.807) is 0 Å². The number of nitrogens with zero attached hydrogens (tertiary/aromatic N) is 2. The van der Waals surface area contributed by atoms with Crippen LogP contribution < -0.4 is 10.2 Å². The first kappa shape index (κ1) is 12.4. The topological polar surface area (TPSA) is 28.2 Å². The first-order chi connectivity index (χ1) is 8.76. The third kappa shape index (κ3) is 2.69. The van der Waals surface area contributed by atoms with Gasteiger partial charge in [-0.15, -0.1) is 11.3 Å². The van der Waals surface area contributed by atoms with Crippen molar-refractivity contribution < 1.29 is 0 Å². The first-order valence-electron chi connectivity index (χ1n) is 7.23. The number of aromatic nitrogens is 1. The fourth-order valence-electron chi connectivity index (χ4n) is 2.55. The molecule has 0 radical (unpaired) electrons. The predicted molar refractivity (Wildman–Crippen MR) is 77.3 cm³/mol. The molecule has 1 aromatic heterocycles. The highest BCUT2D eigenvalue weighted by atomic mass is 32.1. The van der Waals surface area contributed by atoms with Gasteiger partial charge in [0.15, 0.2) is 5.13 Å². The quantitative estimate of drug-likeness (QED) is 0.887. The van der Waals surface area contributed by atoms with Gasteiger partial charge in [0.2, 0.25) is 0 Å². The van der Waals surface area contributed by atoms with Gasteiger partial charge < -0.3 is 10.2 Å². The zero-order valence-corrected chi connectivity index (χ0v) is 12.2. The molecular weight excluding hydrogens is 242 g/mol. The molecule has 1 aliphatic heterocycles. The minimum Gasteiger partial charge on any atom is -0.348 e. The Morgan fingerprint density at radius 3 is 2.83 bits per heavy atom. The molecule has 2 heterocycles. The summed E-state index contributed by atoms with van der Waals surface area (Å²) in [5.41, 5.74) is 1.31. The van der Waals surface area contributed by atoms with Crippen molar-refractivity contribution in [1.82, 2.24) is 10.3 Å². The molecule has 18 heavy (non-hydrogen) atoms. The third-order valence-electron chi connectivity index (χ3n) is 3.92. The summed E-state index contributed by atoms with van der Waals surface area (Å²) in [6.45, 7) is 7.95. The van der Waals surface area contributed by atoms with E-state index in [1.807, 2.05) is 11.3 Å². The molecule has 0 amide bonds. The summed E-state index contributed by atoms with van der Waals surface area (Å²) < 4.78 is 0. The van der Waals surface area contributed by atoms with Gasteiger partial charge in [0, 0.05) is 30.6 Å². The van der Waals surface area contributed by atoms with Crippen LogP contribution >= 0.6 is 11.3 Å². The Labute approximate surface area is 114 Å². The summed E-state index contributed by atoms with van der Waals surface area (Å²) >= 11 is 1.91. The van der Waals surface area contributed by atoms with Crippen LogP contribution in [0.1, 0.15) is 43.7 Å². The number of hydrogen-bond donors (Lipinski definition) is 1. The lowest BCUT2D eigenvalue weighted by atomic mass is 10.2. The minimum absolute atomic E-state index is 0.784. The van der Waals surface area contributed by atoms with Crippen LogP contribution in [0, 0.1) is 5.92 Å². The van der Waals surface area contributed by atoms with Gasteiger partial charge >= 0.3 is 0 Å². The number of hydrogen-bond acceptors (Lipinski definition) is 4. The monoisotopic (exact) mass is 265 g/mol. The average Bonchev–Trinajstić information content (AvgIpc) is 2.94. The summed E-state index contributed by atoms with van der Waals surface area (Å²) in [4.78, 5) is 8.77. The van der Waals surface area contributed by atoms with Crippen molar-refractivity contribution in [2.45, 2.75) is 52.1 Å². The van der Waals surface area contributed by atoms with E-state index in [2.05, 4.69) is 24.1 Å². The normalized spacial score (nSPS) is 23.9. The van der Waals surface area contributed by atoms with Crippen molar-refractivity contribution in [2.24, 2.45) is 5.92 Å². The van der Waals surface area contributed by atoms with Gasteiger partial charge in [-0.2, -0.15) is 0 Å². The lowest BCUT2D eigenvalue weighted by Crippen LogP contribution is -2.18. The number of anilines is 1. The van der Waals surface area contributed by atoms with Crippen LogP contribution in [0.15, 0.2) is 0 Å². The SMILES string of the molecule is CCc1nc(N2CCC(C)C2)sc1CNC1CC1. The second kappa shape index (κ2) is 5.17. The summed E-state index contributed by atoms with van der Waals surface area (Å²) in [6, 6.07) is 0.784. The van der Waals surface area contributed by atoms with E-state index in [0.29, 0.717) is 0 Å². The molecule has 3 rings (SSSR count). The number of thiazole rings is 1. The Morgan fingerprint density at radius 1 is 1.39 bits per heavy atom. The van der Waals surface area contributed by atoms with Crippen molar-refractivity contribution in [1.29, 1.82) is 0 Å². The first-order valence-corrected chi connectivity index (χ1v) is 8.04. The Morgan fingerprint density at radius 2 is 2.22 bits per heavy atom. The van der Waals surface area contributed by atoms with Crippen molar-refractivity contribution in [3.05, 3.63) is 10.6 Å². The van der Waals surface area contributed by atoms with Crippen LogP contribution in [0.5, 0.6) is 0 Å². The predicted octanol–water partition coefficient (Wildman–Crippen LogP) is 2.80. The van der Waals surface area contributed by atoms with E-state index >= 15 is 0 Å². The van der Waals surface area contributed by atoms with Gasteiger partial charge in [-0.25, -0.2) is 4.98 Å². The number of aryl methyl sites for hydroxylation is 1. The van der Waals surface area contributed by atoms with Gasteiger partial charge in [-0.05, 0) is 31.6 Å². The second-order valence-electron chi connectivity index (χ2n) is 5.71. The molecule has 1 unspecified atom stereocenters. The Bertz CT molecular complexity index is 411. The minimum atomic E-state index is 0.784. The van der Waals surface area contributed by atoms with Crippen LogP contribution in [0.25, 0.3) is 0 Å². The van der Waals surface area contributed by atoms with Gasteiger partial charge in [-0.1, -0.05) is 13.8 Å². The summed E-state index contributed by atoms with van der Waals surface area (Å²) in [5.74, 6) is 0.826. The Kier molecular flexibility index (Phi) is 3.57. The molecule has 2 aliphatic rings. The van der Waals surface area contributed by atoms with Gasteiger partial charge in [0.05, 0.1) is 5.69 Å². The molecule has 1 saturated heterocycles. The maximum atomic E-state index is 4.85. The second-order valence-corrected chi connectivity index (χ2v) is 6.78. The molecule has 3 nitrogen and oxygen atoms in total. The van der Waals surface area contributed by atoms with E-state index in [-0.39, 0.29) is 0 Å². The molecule has 1 N–H and O–H groups in total. The molecule has 100 valence electrons. The lowest BCUT2D eigenvalue weighted by molar-refractivity contribution is 0.659. The van der Waals surface area contributed by atoms with E-state index in [0.717, 1.165) is 24.9 Å². The molecule has 4 heteroatoms. The molecule has 0 spiro atoms. The number of rotatable bonds is 5. The molecule has 1 atom stereocenters. The van der Waals surface area contributed by atoms with E-state index in [4.69, 9.17) is 4.98 Å². The highest BCUT2D eigenvalue weighted by molar-refractivity contribution is 7.15. The van der Waals surface area contributed by atoms with Crippen LogP contribution in [-0.4, -0.2) is 24.1 Å². The van der Waals surface area contributed by atoms with E-state index in [1.165, 1.54) is 48.1 Å². The Hall–Kier alpha value is -0.610. The molecule has 1 aliphatic carbocycles. The standard InChI is InChI=1S/C14H23N3S/c1-3-12-13(8-15-11-4-5-11)18-14(16-12)17-7-6-10(2)9-17/h10-11,15H,3-9H2,1-2H3. The van der Waals surface area contributed by atoms with Crippen LogP contribution in [0.3, 0.4) is 0 Å². The van der Waals surface area contributed by atoms with Gasteiger partial charge in [0.25, 0.3) is 0 Å². The van der Waals surface area contributed by atoms with Crippen LogP contribution in [0.2, 0.25) is 0 Å². The average molecular weight is 265 g/mol. The molecule has 0 bridgehead atoms. The smallest absolute Gasteiger partial charge is 0.185 e. The highest BCUT2D eigenvalue weighted by Crippen LogP contribution is 2.31. The lowest BCUT2D eigenvalue weighted by Gasteiger charge is -2.13. The molecule has 1 saturated carbocycles. The Balaban J connectivity index is 1.70. The zero-order valence-electron chi connectivity index (χ0n) is 11.4. The highest BCUT2D eigenvalue weighted by Gasteiger charge is 2.24. The largest absolute Gasteiger partial charge is 0.348 e. The van der Waals surface area contributed by atoms with Crippen LogP contribution in [0.4, 0.5) is 5.13 Å². The zero-order chi connectivity index (χ0) is 12.5. The molecule has 0 aromatic carbocycles. The van der Waals surface area contributed by atoms with Gasteiger partial charge in [0.1, 0.15) is 0 Å². The van der Waals surface area contributed by atoms with Gasteiger partial charge in [-0.3, -0.25) is 0 Å². The van der Waals surface area contributed by atoms with Crippen LogP contribution in [-0.2, 0) is 13.0 Å². The summed E-state index contributed by atoms with van der Waals surface area (Å²) in [5, 5.41) is 4.87. The fraction of sp³-hybridized carbons (Fsp3) is 0.786. The third-order valence-corrected chi connectivity index (χ3v) is 5.08. The summed E-state index contributed by atoms with van der Waals surface area (Å²) in [6.07, 6.45) is 5.09. The molecule has 2 fully saturated rings. The molecule has 1 aromatic rings. The van der Waals surface area contributed by atoms with E-state index < -0.39 is 0 Å². The van der Waals surface area contributed by atoms with Crippen molar-refractivity contribution in [3.63, 3.8) is 0 Å². The molecular formula is C14H23N3S. The fourth-order valence-corrected chi connectivity index (χ4v) is 3.69.